The third kappa shape index (κ3) is 102. The first kappa shape index (κ1) is 109. The molecule has 22 N–H and O–H groups in total. The van der Waals surface area contributed by atoms with E-state index in [4.69, 9.17) is 112 Å². The van der Waals surface area contributed by atoms with Crippen LogP contribution in [0.2, 0.25) is 0 Å². The topological polar surface area (TPSA) is 517 Å². The normalized spacial score (nSPS) is 10.4. The molecule has 0 heterocycles. The Kier molecular flexibility index (Phi) is 137. The first-order valence-electron chi connectivity index (χ1n) is 27.1. The molecule has 0 amide bonds. The largest absolute Gasteiger partial charge is 2.00 e. The average Bonchev–Trinajstić information content (AvgIpc) is 3.43. The van der Waals surface area contributed by atoms with Crippen LogP contribution < -0.4 is 10.2 Å². The van der Waals surface area contributed by atoms with Gasteiger partial charge in [-0.25, -0.2) is 0 Å². The van der Waals surface area contributed by atoms with Crippen LogP contribution in [0, 0.1) is 0 Å². The van der Waals surface area contributed by atoms with Gasteiger partial charge in [0.2, 0.25) is 0 Å². The summed E-state index contributed by atoms with van der Waals surface area (Å²) in [6.45, 7) is 12.5. The SMILES string of the molecule is OCCCN(CCO)CCO.OCCN(CCO)CCO.OCCN(CCO)CCO.OCCN(CCO)CCO.OCCN(CCO)CCO.OCCN(CCO)CCO.[Mg+2].[O-]CCN(CCO)CCO.[O-]CCN(CO)CCO.[Ti].[Ti]. The molecule has 83 heavy (non-hydrogen) atoms. The predicted octanol–water partition coefficient (Wildman–Crippen LogP) is -15.2. The zero-order chi connectivity index (χ0) is 62.6. The molecule has 0 saturated carbocycles. The second-order valence-electron chi connectivity index (χ2n) is 16.1. The van der Waals surface area contributed by atoms with Crippen LogP contribution in [0.5, 0.6) is 0 Å². The van der Waals surface area contributed by atoms with Gasteiger partial charge >= 0.3 is 23.1 Å². The summed E-state index contributed by atoms with van der Waals surface area (Å²) in [7, 11) is 0. The molecule has 0 fully saturated rings. The smallest absolute Gasteiger partial charge is 0.854 e. The zero-order valence-corrected chi connectivity index (χ0v) is 54.4. The molecule has 0 aliphatic heterocycles. The molecule has 0 aromatic heterocycles. The van der Waals surface area contributed by atoms with Crippen molar-refractivity contribution in [3.63, 3.8) is 0 Å². The average molecular weight is 1310 g/mol. The molecule has 35 heteroatoms. The molecule has 0 spiro atoms. The maximum absolute atomic E-state index is 10.1. The van der Waals surface area contributed by atoms with Gasteiger partial charge in [-0.15, -0.1) is 13.2 Å². The molecule has 0 aromatic carbocycles. The molecule has 0 saturated heterocycles. The molecule has 0 rings (SSSR count). The van der Waals surface area contributed by atoms with E-state index in [2.05, 4.69) is 0 Å². The van der Waals surface area contributed by atoms with Crippen molar-refractivity contribution in [2.45, 2.75) is 6.42 Å². The minimum Gasteiger partial charge on any atom is -0.854 e. The minimum absolute atomic E-state index is 0. The van der Waals surface area contributed by atoms with Crippen LogP contribution in [0.15, 0.2) is 0 Å². The number of nitrogens with zero attached hydrogens (tertiary/aromatic N) is 8. The van der Waals surface area contributed by atoms with Crippen molar-refractivity contribution in [2.24, 2.45) is 0 Å². The van der Waals surface area contributed by atoms with Gasteiger partial charge < -0.3 is 127 Å². The van der Waals surface area contributed by atoms with Gasteiger partial charge in [0.15, 0.2) is 0 Å². The van der Waals surface area contributed by atoms with Crippen molar-refractivity contribution >= 4 is 23.1 Å². The van der Waals surface area contributed by atoms with Crippen LogP contribution in [-0.2, 0) is 43.4 Å². The third-order valence-corrected chi connectivity index (χ3v) is 9.97. The summed E-state index contributed by atoms with van der Waals surface area (Å²) in [5.41, 5.74) is 0. The monoisotopic (exact) mass is 1310 g/mol. The Morgan fingerprint density at radius 2 is 0.289 bits per heavy atom. The fourth-order valence-corrected chi connectivity index (χ4v) is 5.98. The Bertz CT molecular complexity index is 776. The van der Waals surface area contributed by atoms with Gasteiger partial charge in [0.05, 0.1) is 139 Å². The van der Waals surface area contributed by atoms with E-state index in [1.807, 2.05) is 4.90 Å². The first-order valence-corrected chi connectivity index (χ1v) is 27.1. The van der Waals surface area contributed by atoms with Crippen molar-refractivity contribution < 1.29 is 166 Å². The van der Waals surface area contributed by atoms with Crippen LogP contribution in [0.4, 0.5) is 0 Å². The van der Waals surface area contributed by atoms with E-state index >= 15 is 0 Å². The molecule has 0 bridgehead atoms. The van der Waals surface area contributed by atoms with Gasteiger partial charge in [-0.1, -0.05) is 0 Å². The maximum atomic E-state index is 10.1. The maximum Gasteiger partial charge on any atom is 2.00 e. The summed E-state index contributed by atoms with van der Waals surface area (Å²) in [5, 5.41) is 207. The molecular formula is C48H118MgN8O24Ti2. The number of hydrogen-bond donors (Lipinski definition) is 22. The summed E-state index contributed by atoms with van der Waals surface area (Å²) < 4.78 is 0. The molecule has 504 valence electrons. The van der Waals surface area contributed by atoms with E-state index < -0.39 is 0 Å². The van der Waals surface area contributed by atoms with E-state index in [9.17, 15) is 10.2 Å². The number of aliphatic hydroxyl groups is 22. The minimum atomic E-state index is -0.236. The fourth-order valence-electron chi connectivity index (χ4n) is 5.98. The van der Waals surface area contributed by atoms with Crippen LogP contribution >= 0.6 is 0 Å². The van der Waals surface area contributed by atoms with E-state index in [1.165, 1.54) is 4.90 Å². The van der Waals surface area contributed by atoms with E-state index in [1.54, 1.807) is 29.4 Å². The Balaban J connectivity index is -0.0000000789. The van der Waals surface area contributed by atoms with E-state index in [0.29, 0.717) is 150 Å². The van der Waals surface area contributed by atoms with Crippen LogP contribution in [0.3, 0.4) is 0 Å². The summed E-state index contributed by atoms with van der Waals surface area (Å²) in [6, 6.07) is 0. The van der Waals surface area contributed by atoms with Crippen molar-refractivity contribution in [2.75, 3.05) is 309 Å². The molecule has 0 aliphatic rings. The Labute approximate surface area is 540 Å². The van der Waals surface area contributed by atoms with Crippen molar-refractivity contribution in [3.05, 3.63) is 0 Å². The van der Waals surface area contributed by atoms with Crippen molar-refractivity contribution in [1.29, 1.82) is 0 Å². The van der Waals surface area contributed by atoms with Gasteiger partial charge in [-0.2, -0.15) is 0 Å². The predicted molar refractivity (Wildman–Crippen MR) is 303 cm³/mol. The Morgan fingerprint density at radius 1 is 0.169 bits per heavy atom. The van der Waals surface area contributed by atoms with Gasteiger partial charge in [-0.3, -0.25) is 34.3 Å². The van der Waals surface area contributed by atoms with Crippen LogP contribution in [0.25, 0.3) is 0 Å². The summed E-state index contributed by atoms with van der Waals surface area (Å²) in [5.74, 6) is 0. The van der Waals surface area contributed by atoms with Crippen LogP contribution in [0.1, 0.15) is 6.42 Å². The van der Waals surface area contributed by atoms with Crippen molar-refractivity contribution in [1.82, 2.24) is 39.2 Å². The zero-order valence-electron chi connectivity index (χ0n) is 49.9. The van der Waals surface area contributed by atoms with E-state index in [-0.39, 0.29) is 225 Å². The third-order valence-electron chi connectivity index (χ3n) is 9.97. The fraction of sp³-hybridized carbons (Fsp3) is 1.00. The first-order chi connectivity index (χ1) is 38.8. The number of aliphatic hydroxyl groups excluding tert-OH is 22. The van der Waals surface area contributed by atoms with E-state index in [0.717, 1.165) is 6.54 Å². The van der Waals surface area contributed by atoms with Crippen LogP contribution in [-0.4, -0.2) is 484 Å². The molecular weight excluding hydrogens is 1190 g/mol. The standard InChI is InChI=1S/C7H17NO3.5C6H15NO3.C6H14NO3.C5H12NO3.Mg.2Ti/c9-5-1-2-8(3-6-10)4-7-11;6*8-4-1-7(2-5-9)3-6-10;7-3-1-6(5-9)2-4-8;;;/h9-11H,1-7H2;5*8-10H,1-6H2;8-9H,1-6H2;7,9H,1-5H2;;;/q;;;;;;2*-1;+2;;. The Hall–Kier alpha value is 0.915. The summed E-state index contributed by atoms with van der Waals surface area (Å²) in [6.07, 6.45) is 0.694. The van der Waals surface area contributed by atoms with Crippen molar-refractivity contribution in [3.8, 4) is 0 Å². The molecule has 0 aromatic rings. The Morgan fingerprint density at radius 3 is 0.410 bits per heavy atom. The molecule has 0 aliphatic carbocycles. The quantitative estimate of drug-likeness (QED) is 0.0199. The number of rotatable bonds is 48. The second kappa shape index (κ2) is 105. The number of hydrogen-bond acceptors (Lipinski definition) is 32. The summed E-state index contributed by atoms with van der Waals surface area (Å²) in [4.78, 5) is 14.1. The van der Waals surface area contributed by atoms with Gasteiger partial charge in [0.1, 0.15) is 0 Å². The molecule has 0 atom stereocenters. The summed E-state index contributed by atoms with van der Waals surface area (Å²) >= 11 is 0. The second-order valence-corrected chi connectivity index (χ2v) is 16.1. The van der Waals surface area contributed by atoms with Gasteiger partial charge in [0, 0.05) is 187 Å². The van der Waals surface area contributed by atoms with Gasteiger partial charge in [-0.05, 0) is 19.5 Å². The molecule has 0 unspecified atom stereocenters. The van der Waals surface area contributed by atoms with Gasteiger partial charge in [0.25, 0.3) is 0 Å². The molecule has 32 nitrogen and oxygen atoms in total. The molecule has 0 radical (unpaired) electrons.